The molecule has 150 valence electrons. The Bertz CT molecular complexity index is 974. The van der Waals surface area contributed by atoms with Crippen LogP contribution in [0, 0.1) is 6.92 Å². The second kappa shape index (κ2) is 7.91. The molecule has 0 atom stereocenters. The third-order valence-corrected chi connectivity index (χ3v) is 5.98. The molecule has 0 spiro atoms. The summed E-state index contributed by atoms with van der Waals surface area (Å²) in [5, 5.41) is 1.17. The number of anilines is 2. The number of rotatable bonds is 4. The molecule has 2 aromatic heterocycles. The Morgan fingerprint density at radius 3 is 2.34 bits per heavy atom. The smallest absolute Gasteiger partial charge is 0.139 e. The Morgan fingerprint density at radius 1 is 0.828 bits per heavy atom. The van der Waals surface area contributed by atoms with Crippen LogP contribution in [0.5, 0.6) is 0 Å². The van der Waals surface area contributed by atoms with Gasteiger partial charge in [-0.3, -0.25) is 4.90 Å². The lowest BCUT2D eigenvalue weighted by Gasteiger charge is -2.36. The van der Waals surface area contributed by atoms with Gasteiger partial charge in [-0.05, 0) is 38.0 Å². The van der Waals surface area contributed by atoms with Gasteiger partial charge in [0.05, 0.1) is 5.52 Å². The summed E-state index contributed by atoms with van der Waals surface area (Å²) >= 11 is 0. The molecule has 4 heterocycles. The van der Waals surface area contributed by atoms with Gasteiger partial charge in [0.15, 0.2) is 0 Å². The van der Waals surface area contributed by atoms with E-state index in [1.165, 1.54) is 29.5 Å². The van der Waals surface area contributed by atoms with Gasteiger partial charge in [-0.2, -0.15) is 0 Å². The summed E-state index contributed by atoms with van der Waals surface area (Å²) in [6, 6.07) is 6.63. The fourth-order valence-corrected chi connectivity index (χ4v) is 4.33. The van der Waals surface area contributed by atoms with Gasteiger partial charge in [0.1, 0.15) is 18.0 Å². The fraction of sp³-hybridized carbons (Fsp3) is 0.455. The average Bonchev–Trinajstić information content (AvgIpc) is 3.30. The van der Waals surface area contributed by atoms with Crippen LogP contribution in [0.4, 0.5) is 11.5 Å². The van der Waals surface area contributed by atoms with Crippen LogP contribution in [0.25, 0.3) is 10.9 Å². The molecule has 0 saturated carbocycles. The van der Waals surface area contributed by atoms with E-state index in [1.54, 1.807) is 6.33 Å². The summed E-state index contributed by atoms with van der Waals surface area (Å²) < 4.78 is 0. The van der Waals surface area contributed by atoms with E-state index in [1.807, 2.05) is 19.3 Å². The van der Waals surface area contributed by atoms with E-state index in [0.717, 1.165) is 63.0 Å². The van der Waals surface area contributed by atoms with E-state index < -0.39 is 0 Å². The average molecular weight is 390 g/mol. The molecule has 0 radical (unpaired) electrons. The number of hydrogen-bond donors (Lipinski definition) is 0. The largest absolute Gasteiger partial charge is 0.369 e. The minimum atomic E-state index is 0.826. The van der Waals surface area contributed by atoms with E-state index in [2.05, 4.69) is 52.8 Å². The van der Waals surface area contributed by atoms with Crippen LogP contribution in [0.2, 0.25) is 0 Å². The first kappa shape index (κ1) is 18.2. The maximum atomic E-state index is 4.62. The zero-order chi connectivity index (χ0) is 19.6. The van der Waals surface area contributed by atoms with Crippen LogP contribution in [-0.2, 0) is 6.54 Å². The standard InChI is InChI=1S/C22H27N7/c1-17-23-13-18(14-24-17)15-27-8-10-28(11-9-27)19-4-5-21-20(12-19)22(26-16-25-21)29-6-2-3-7-29/h4-5,12-14,16H,2-3,6-11,15H2,1H3. The van der Waals surface area contributed by atoms with E-state index in [9.17, 15) is 0 Å². The normalized spacial score (nSPS) is 18.0. The van der Waals surface area contributed by atoms with Gasteiger partial charge in [-0.15, -0.1) is 0 Å². The van der Waals surface area contributed by atoms with Crippen molar-refractivity contribution in [2.45, 2.75) is 26.3 Å². The second-order valence-corrected chi connectivity index (χ2v) is 7.99. The molecular formula is C22H27N7. The fourth-order valence-electron chi connectivity index (χ4n) is 4.33. The van der Waals surface area contributed by atoms with Crippen molar-refractivity contribution in [1.29, 1.82) is 0 Å². The van der Waals surface area contributed by atoms with Crippen LogP contribution in [0.3, 0.4) is 0 Å². The number of fused-ring (bicyclic) bond motifs is 1. The van der Waals surface area contributed by atoms with E-state index >= 15 is 0 Å². The first-order valence-corrected chi connectivity index (χ1v) is 10.5. The third-order valence-electron chi connectivity index (χ3n) is 5.98. The molecule has 0 unspecified atom stereocenters. The van der Waals surface area contributed by atoms with Crippen LogP contribution in [0.15, 0.2) is 36.9 Å². The molecule has 29 heavy (non-hydrogen) atoms. The summed E-state index contributed by atoms with van der Waals surface area (Å²) in [5.74, 6) is 1.92. The van der Waals surface area contributed by atoms with Crippen LogP contribution < -0.4 is 9.80 Å². The summed E-state index contributed by atoms with van der Waals surface area (Å²) in [6.45, 7) is 9.14. The van der Waals surface area contributed by atoms with Crippen molar-refractivity contribution in [3.63, 3.8) is 0 Å². The Hall–Kier alpha value is -2.80. The van der Waals surface area contributed by atoms with Crippen molar-refractivity contribution < 1.29 is 0 Å². The number of aromatic nitrogens is 4. The van der Waals surface area contributed by atoms with Gasteiger partial charge in [-0.25, -0.2) is 19.9 Å². The van der Waals surface area contributed by atoms with Crippen LogP contribution >= 0.6 is 0 Å². The molecule has 0 N–H and O–H groups in total. The van der Waals surface area contributed by atoms with Gasteiger partial charge in [0.25, 0.3) is 0 Å². The molecule has 2 aliphatic rings. The van der Waals surface area contributed by atoms with E-state index in [0.29, 0.717) is 0 Å². The van der Waals surface area contributed by atoms with Crippen molar-refractivity contribution in [3.05, 3.63) is 48.3 Å². The number of nitrogens with zero attached hydrogens (tertiary/aromatic N) is 7. The van der Waals surface area contributed by atoms with Crippen molar-refractivity contribution in [3.8, 4) is 0 Å². The van der Waals surface area contributed by atoms with Gasteiger partial charge < -0.3 is 9.80 Å². The van der Waals surface area contributed by atoms with Crippen molar-refractivity contribution in [1.82, 2.24) is 24.8 Å². The maximum absolute atomic E-state index is 4.62. The van der Waals surface area contributed by atoms with Crippen LogP contribution in [0.1, 0.15) is 24.2 Å². The topological polar surface area (TPSA) is 61.3 Å². The number of aryl methyl sites for hydroxylation is 1. The highest BCUT2D eigenvalue weighted by atomic mass is 15.3. The minimum absolute atomic E-state index is 0.826. The molecule has 2 aliphatic heterocycles. The molecule has 5 rings (SSSR count). The first-order valence-electron chi connectivity index (χ1n) is 10.5. The molecule has 0 aliphatic carbocycles. The Morgan fingerprint density at radius 2 is 1.59 bits per heavy atom. The quantitative estimate of drug-likeness (QED) is 0.680. The van der Waals surface area contributed by atoms with Gasteiger partial charge in [0.2, 0.25) is 0 Å². The maximum Gasteiger partial charge on any atom is 0.139 e. The van der Waals surface area contributed by atoms with Gasteiger partial charge in [-0.1, -0.05) is 0 Å². The predicted octanol–water partition coefficient (Wildman–Crippen LogP) is 2.65. The number of benzene rings is 1. The molecular weight excluding hydrogens is 362 g/mol. The highest BCUT2D eigenvalue weighted by Gasteiger charge is 2.20. The summed E-state index contributed by atoms with van der Waals surface area (Å²) in [5.41, 5.74) is 3.48. The minimum Gasteiger partial charge on any atom is -0.369 e. The lowest BCUT2D eigenvalue weighted by atomic mass is 10.1. The summed E-state index contributed by atoms with van der Waals surface area (Å²) in [7, 11) is 0. The second-order valence-electron chi connectivity index (χ2n) is 7.99. The molecule has 2 fully saturated rings. The van der Waals surface area contributed by atoms with Crippen LogP contribution in [-0.4, -0.2) is 64.1 Å². The zero-order valence-corrected chi connectivity index (χ0v) is 17.0. The summed E-state index contributed by atoms with van der Waals surface area (Å²) in [6.07, 6.45) is 8.08. The van der Waals surface area contributed by atoms with Gasteiger partial charge >= 0.3 is 0 Å². The Balaban J connectivity index is 1.30. The lowest BCUT2D eigenvalue weighted by Crippen LogP contribution is -2.46. The molecule has 7 nitrogen and oxygen atoms in total. The first-order chi connectivity index (χ1) is 14.3. The molecule has 2 saturated heterocycles. The van der Waals surface area contributed by atoms with Crippen molar-refractivity contribution in [2.24, 2.45) is 0 Å². The van der Waals surface area contributed by atoms with E-state index in [-0.39, 0.29) is 0 Å². The molecule has 3 aromatic rings. The molecule has 7 heteroatoms. The Kier molecular flexibility index (Phi) is 4.97. The molecule has 1 aromatic carbocycles. The highest BCUT2D eigenvalue weighted by molar-refractivity contribution is 5.92. The lowest BCUT2D eigenvalue weighted by molar-refractivity contribution is 0.249. The van der Waals surface area contributed by atoms with E-state index in [4.69, 9.17) is 0 Å². The van der Waals surface area contributed by atoms with Gasteiger partial charge in [0, 0.05) is 74.8 Å². The Labute approximate surface area is 171 Å². The van der Waals surface area contributed by atoms with Crippen molar-refractivity contribution >= 4 is 22.4 Å². The monoisotopic (exact) mass is 389 g/mol. The number of piperazine rings is 1. The predicted molar refractivity (Wildman–Crippen MR) is 115 cm³/mol. The third kappa shape index (κ3) is 3.87. The zero-order valence-electron chi connectivity index (χ0n) is 17.0. The molecule has 0 bridgehead atoms. The SMILES string of the molecule is Cc1ncc(CN2CCN(c3ccc4ncnc(N5CCCC5)c4c3)CC2)cn1. The highest BCUT2D eigenvalue weighted by Crippen LogP contribution is 2.30. The summed E-state index contributed by atoms with van der Waals surface area (Å²) in [4.78, 5) is 25.1. The van der Waals surface area contributed by atoms with Crippen molar-refractivity contribution in [2.75, 3.05) is 49.1 Å². The number of hydrogen-bond acceptors (Lipinski definition) is 7. The molecule has 0 amide bonds.